The molecule has 0 unspecified atom stereocenters. The second-order valence-corrected chi connectivity index (χ2v) is 4.13. The Labute approximate surface area is 95.0 Å². The van der Waals surface area contributed by atoms with Crippen LogP contribution in [0.5, 0.6) is 0 Å². The van der Waals surface area contributed by atoms with Crippen LogP contribution in [0.2, 0.25) is 0 Å². The topological polar surface area (TPSA) is 17.1 Å². The number of carbonyl (C=O) groups is 1. The zero-order chi connectivity index (χ0) is 11.2. The zero-order valence-electron chi connectivity index (χ0n) is 10.2. The fourth-order valence-corrected chi connectivity index (χ4v) is 1.60. The van der Waals surface area contributed by atoms with Crippen LogP contribution in [0.4, 0.5) is 0 Å². The van der Waals surface area contributed by atoms with E-state index in [4.69, 9.17) is 0 Å². The fourth-order valence-electron chi connectivity index (χ4n) is 1.60. The van der Waals surface area contributed by atoms with Crippen LogP contribution in [-0.4, -0.2) is 6.29 Å². The zero-order valence-corrected chi connectivity index (χ0v) is 10.2. The van der Waals surface area contributed by atoms with Crippen molar-refractivity contribution in [1.82, 2.24) is 0 Å². The van der Waals surface area contributed by atoms with Gasteiger partial charge in [-0.05, 0) is 25.7 Å². The van der Waals surface area contributed by atoms with Crippen LogP contribution in [0, 0.1) is 0 Å². The van der Waals surface area contributed by atoms with Crippen molar-refractivity contribution in [2.75, 3.05) is 0 Å². The maximum Gasteiger partial charge on any atom is 0.119 e. The van der Waals surface area contributed by atoms with Crippen LogP contribution in [0.3, 0.4) is 0 Å². The molecule has 0 fully saturated rings. The highest BCUT2D eigenvalue weighted by atomic mass is 16.1. The van der Waals surface area contributed by atoms with Crippen LogP contribution in [-0.2, 0) is 4.79 Å². The Morgan fingerprint density at radius 2 is 1.27 bits per heavy atom. The Kier molecular flexibility index (Phi) is 12.9. The molecular formula is C14H26O. The maximum absolute atomic E-state index is 10.1. The molecule has 0 heterocycles. The van der Waals surface area contributed by atoms with Crippen molar-refractivity contribution in [1.29, 1.82) is 0 Å². The molecule has 0 saturated heterocycles. The highest BCUT2D eigenvalue weighted by Crippen LogP contribution is 2.08. The van der Waals surface area contributed by atoms with Gasteiger partial charge in [0.25, 0.3) is 0 Å². The summed E-state index contributed by atoms with van der Waals surface area (Å²) < 4.78 is 0. The van der Waals surface area contributed by atoms with E-state index in [1.54, 1.807) is 0 Å². The third-order valence-corrected chi connectivity index (χ3v) is 2.56. The molecule has 0 atom stereocenters. The summed E-state index contributed by atoms with van der Waals surface area (Å²) in [6.07, 6.45) is 17.7. The summed E-state index contributed by atoms with van der Waals surface area (Å²) in [5.41, 5.74) is 0. The summed E-state index contributed by atoms with van der Waals surface area (Å²) in [5, 5.41) is 0. The SMILES string of the molecule is CCCC=CCCCCCCCCC=O. The first-order chi connectivity index (χ1) is 7.41. The van der Waals surface area contributed by atoms with Gasteiger partial charge < -0.3 is 4.79 Å². The van der Waals surface area contributed by atoms with Gasteiger partial charge in [0.1, 0.15) is 6.29 Å². The van der Waals surface area contributed by atoms with E-state index < -0.39 is 0 Å². The lowest BCUT2D eigenvalue weighted by Gasteiger charge is -1.98. The molecule has 0 N–H and O–H groups in total. The first-order valence-corrected chi connectivity index (χ1v) is 6.50. The van der Waals surface area contributed by atoms with Gasteiger partial charge in [0.2, 0.25) is 0 Å². The number of carbonyl (C=O) groups excluding carboxylic acids is 1. The summed E-state index contributed by atoms with van der Waals surface area (Å²) in [6, 6.07) is 0. The summed E-state index contributed by atoms with van der Waals surface area (Å²) in [6.45, 7) is 2.21. The standard InChI is InChI=1S/C14H26O/c1-2-3-4-5-6-7-8-9-10-11-12-13-14-15/h4-5,14H,2-3,6-13H2,1H3. The fraction of sp³-hybridized carbons (Fsp3) is 0.786. The second-order valence-electron chi connectivity index (χ2n) is 4.13. The molecule has 0 aliphatic heterocycles. The van der Waals surface area contributed by atoms with Crippen LogP contribution in [0.15, 0.2) is 12.2 Å². The molecule has 15 heavy (non-hydrogen) atoms. The number of unbranched alkanes of at least 4 members (excludes halogenated alkanes) is 8. The van der Waals surface area contributed by atoms with Gasteiger partial charge in [-0.1, -0.05) is 51.2 Å². The molecule has 0 aliphatic rings. The van der Waals surface area contributed by atoms with Gasteiger partial charge in [-0.2, -0.15) is 0 Å². The summed E-state index contributed by atoms with van der Waals surface area (Å²) in [4.78, 5) is 10.1. The molecule has 0 aromatic heterocycles. The molecule has 0 aliphatic carbocycles. The number of allylic oxidation sites excluding steroid dienone is 2. The Hall–Kier alpha value is -0.590. The average molecular weight is 210 g/mol. The van der Waals surface area contributed by atoms with Gasteiger partial charge in [-0.3, -0.25) is 0 Å². The van der Waals surface area contributed by atoms with Crippen LogP contribution >= 0.6 is 0 Å². The van der Waals surface area contributed by atoms with E-state index in [1.165, 1.54) is 51.4 Å². The number of hydrogen-bond donors (Lipinski definition) is 0. The third-order valence-electron chi connectivity index (χ3n) is 2.56. The molecule has 0 bridgehead atoms. The normalized spacial score (nSPS) is 11.0. The van der Waals surface area contributed by atoms with E-state index in [0.717, 1.165) is 19.1 Å². The Bertz CT molecular complexity index is 149. The molecular weight excluding hydrogens is 184 g/mol. The minimum Gasteiger partial charge on any atom is -0.303 e. The van der Waals surface area contributed by atoms with Gasteiger partial charge in [0.05, 0.1) is 0 Å². The predicted octanol–water partition coefficient (Wildman–Crippen LogP) is 4.66. The van der Waals surface area contributed by atoms with E-state index >= 15 is 0 Å². The van der Waals surface area contributed by atoms with Crippen LogP contribution in [0.25, 0.3) is 0 Å². The first kappa shape index (κ1) is 14.4. The third kappa shape index (κ3) is 13.4. The molecule has 0 spiro atoms. The molecule has 0 rings (SSSR count). The second kappa shape index (κ2) is 13.4. The number of aldehydes is 1. The number of hydrogen-bond acceptors (Lipinski definition) is 1. The van der Waals surface area contributed by atoms with E-state index in [0.29, 0.717) is 0 Å². The van der Waals surface area contributed by atoms with Crippen molar-refractivity contribution in [3.8, 4) is 0 Å². The lowest BCUT2D eigenvalue weighted by atomic mass is 10.1. The van der Waals surface area contributed by atoms with Gasteiger partial charge in [-0.25, -0.2) is 0 Å². The molecule has 1 heteroatoms. The lowest BCUT2D eigenvalue weighted by Crippen LogP contribution is -1.80. The van der Waals surface area contributed by atoms with Gasteiger partial charge in [-0.15, -0.1) is 0 Å². The van der Waals surface area contributed by atoms with Gasteiger partial charge >= 0.3 is 0 Å². The quantitative estimate of drug-likeness (QED) is 0.275. The summed E-state index contributed by atoms with van der Waals surface area (Å²) in [5.74, 6) is 0. The van der Waals surface area contributed by atoms with Gasteiger partial charge in [0, 0.05) is 6.42 Å². The van der Waals surface area contributed by atoms with Crippen molar-refractivity contribution in [3.05, 3.63) is 12.2 Å². The van der Waals surface area contributed by atoms with Crippen molar-refractivity contribution >= 4 is 6.29 Å². The molecule has 0 radical (unpaired) electrons. The molecule has 0 amide bonds. The predicted molar refractivity (Wildman–Crippen MR) is 67.0 cm³/mol. The summed E-state index contributed by atoms with van der Waals surface area (Å²) in [7, 11) is 0. The lowest BCUT2D eigenvalue weighted by molar-refractivity contribution is -0.107. The van der Waals surface area contributed by atoms with E-state index in [2.05, 4.69) is 19.1 Å². The van der Waals surface area contributed by atoms with Crippen LogP contribution in [0.1, 0.15) is 71.1 Å². The van der Waals surface area contributed by atoms with Gasteiger partial charge in [0.15, 0.2) is 0 Å². The average Bonchev–Trinajstić information content (AvgIpc) is 2.26. The summed E-state index contributed by atoms with van der Waals surface area (Å²) >= 11 is 0. The minimum atomic E-state index is 0.750. The molecule has 0 saturated carbocycles. The molecule has 0 aromatic carbocycles. The van der Waals surface area contributed by atoms with Crippen molar-refractivity contribution < 1.29 is 4.79 Å². The molecule has 0 aromatic rings. The Morgan fingerprint density at radius 3 is 1.87 bits per heavy atom. The van der Waals surface area contributed by atoms with Crippen molar-refractivity contribution in [2.24, 2.45) is 0 Å². The van der Waals surface area contributed by atoms with E-state index in [9.17, 15) is 4.79 Å². The Morgan fingerprint density at radius 1 is 0.733 bits per heavy atom. The largest absolute Gasteiger partial charge is 0.303 e. The maximum atomic E-state index is 10.1. The van der Waals surface area contributed by atoms with Crippen LogP contribution < -0.4 is 0 Å². The molecule has 88 valence electrons. The highest BCUT2D eigenvalue weighted by molar-refractivity contribution is 5.48. The monoisotopic (exact) mass is 210 g/mol. The highest BCUT2D eigenvalue weighted by Gasteiger charge is 1.90. The van der Waals surface area contributed by atoms with Crippen molar-refractivity contribution in [3.63, 3.8) is 0 Å². The molecule has 1 nitrogen and oxygen atoms in total. The smallest absolute Gasteiger partial charge is 0.119 e. The minimum absolute atomic E-state index is 0.750. The number of rotatable bonds is 11. The first-order valence-electron chi connectivity index (χ1n) is 6.50. The van der Waals surface area contributed by atoms with Crippen molar-refractivity contribution in [2.45, 2.75) is 71.1 Å². The Balaban J connectivity index is 2.95. The van der Waals surface area contributed by atoms with E-state index in [-0.39, 0.29) is 0 Å². The van der Waals surface area contributed by atoms with E-state index in [1.807, 2.05) is 0 Å².